The molecule has 0 spiro atoms. The zero-order valence-corrected chi connectivity index (χ0v) is 12.9. The minimum Gasteiger partial charge on any atom is -0.623 e. The average molecular weight is 321 g/mol. The molecule has 0 saturated heterocycles. The Labute approximate surface area is 131 Å². The molecule has 0 bridgehead atoms. The maximum Gasteiger partial charge on any atom is 0.291 e. The van der Waals surface area contributed by atoms with Crippen LogP contribution in [0, 0.1) is 5.21 Å². The van der Waals surface area contributed by atoms with Gasteiger partial charge in [0.1, 0.15) is 5.00 Å². The van der Waals surface area contributed by atoms with Crippen molar-refractivity contribution in [2.75, 3.05) is 11.9 Å². The van der Waals surface area contributed by atoms with E-state index in [2.05, 4.69) is 5.32 Å². The lowest BCUT2D eigenvalue weighted by Crippen LogP contribution is -2.24. The summed E-state index contributed by atoms with van der Waals surface area (Å²) in [5, 5.41) is 16.4. The fourth-order valence-electron chi connectivity index (χ4n) is 2.33. The van der Waals surface area contributed by atoms with Gasteiger partial charge >= 0.3 is 0 Å². The standard InChI is InChI=1S/C15H13ClN2O2S/c1-2-9-7-11-14(10-5-3-4-6-12(10)16)18(20)8-13(19)17-15(11)21-9/h3-7H,2,8H2,1H3,(H,17,19). The van der Waals surface area contributed by atoms with Crippen LogP contribution in [0.3, 0.4) is 0 Å². The number of hydroxylamine groups is 1. The second-order valence-electron chi connectivity index (χ2n) is 4.72. The number of nitrogens with zero attached hydrogens (tertiary/aromatic N) is 1. The van der Waals surface area contributed by atoms with E-state index in [0.29, 0.717) is 26.0 Å². The fraction of sp³-hybridized carbons (Fsp3) is 0.200. The van der Waals surface area contributed by atoms with Crippen molar-refractivity contribution < 1.29 is 9.53 Å². The van der Waals surface area contributed by atoms with Gasteiger partial charge in [-0.3, -0.25) is 4.79 Å². The van der Waals surface area contributed by atoms with Crippen molar-refractivity contribution in [1.29, 1.82) is 0 Å². The normalized spacial score (nSPS) is 14.7. The van der Waals surface area contributed by atoms with E-state index in [9.17, 15) is 10.0 Å². The highest BCUT2D eigenvalue weighted by Crippen LogP contribution is 2.33. The number of hydrogen-bond acceptors (Lipinski definition) is 3. The smallest absolute Gasteiger partial charge is 0.291 e. The van der Waals surface area contributed by atoms with Gasteiger partial charge in [0, 0.05) is 4.88 Å². The van der Waals surface area contributed by atoms with E-state index in [0.717, 1.165) is 16.9 Å². The first-order valence-corrected chi connectivity index (χ1v) is 7.79. The van der Waals surface area contributed by atoms with E-state index in [-0.39, 0.29) is 12.5 Å². The van der Waals surface area contributed by atoms with Crippen molar-refractivity contribution in [2.45, 2.75) is 13.3 Å². The van der Waals surface area contributed by atoms with Crippen LogP contribution in [-0.4, -0.2) is 22.9 Å². The largest absolute Gasteiger partial charge is 0.623 e. The molecule has 6 heteroatoms. The summed E-state index contributed by atoms with van der Waals surface area (Å²) in [4.78, 5) is 12.9. The predicted octanol–water partition coefficient (Wildman–Crippen LogP) is 3.26. The number of rotatable bonds is 2. The van der Waals surface area contributed by atoms with Crippen molar-refractivity contribution in [2.24, 2.45) is 0 Å². The molecular weight excluding hydrogens is 308 g/mol. The molecule has 2 aromatic rings. The minimum absolute atomic E-state index is 0.233. The van der Waals surface area contributed by atoms with Gasteiger partial charge < -0.3 is 10.5 Å². The number of carbonyl (C=O) groups excluding carboxylic acids is 1. The highest BCUT2D eigenvalue weighted by atomic mass is 35.5. The molecule has 0 atom stereocenters. The SMILES string of the molecule is CCc1cc2c(s1)NC(=O)C[N+]([O-])=C2c1ccccc1Cl. The molecule has 1 aromatic carbocycles. The van der Waals surface area contributed by atoms with E-state index >= 15 is 0 Å². The molecule has 0 unspecified atom stereocenters. The molecule has 1 aromatic heterocycles. The maximum absolute atomic E-state index is 12.4. The number of aryl methyl sites for hydroxylation is 1. The van der Waals surface area contributed by atoms with E-state index in [1.807, 2.05) is 25.1 Å². The van der Waals surface area contributed by atoms with Gasteiger partial charge in [-0.2, -0.15) is 4.74 Å². The Hall–Kier alpha value is -1.85. The Bertz CT molecular complexity index is 752. The number of nitrogens with one attached hydrogen (secondary N) is 1. The molecule has 1 N–H and O–H groups in total. The van der Waals surface area contributed by atoms with Gasteiger partial charge in [0.05, 0.1) is 16.1 Å². The lowest BCUT2D eigenvalue weighted by Gasteiger charge is -2.08. The number of carbonyl (C=O) groups is 1. The molecule has 2 heterocycles. The number of thiophene rings is 1. The summed E-state index contributed by atoms with van der Waals surface area (Å²) in [6, 6.07) is 9.13. The zero-order chi connectivity index (χ0) is 15.0. The summed E-state index contributed by atoms with van der Waals surface area (Å²) in [5.74, 6) is -0.308. The van der Waals surface area contributed by atoms with Gasteiger partial charge in [-0.1, -0.05) is 30.7 Å². The summed E-state index contributed by atoms with van der Waals surface area (Å²) in [6.45, 7) is 1.81. The van der Waals surface area contributed by atoms with Crippen LogP contribution >= 0.6 is 22.9 Å². The Morgan fingerprint density at radius 1 is 1.38 bits per heavy atom. The molecule has 1 aliphatic heterocycles. The molecule has 4 nitrogen and oxygen atoms in total. The van der Waals surface area contributed by atoms with Crippen molar-refractivity contribution in [3.63, 3.8) is 0 Å². The third-order valence-corrected chi connectivity index (χ3v) is 4.83. The van der Waals surface area contributed by atoms with E-state index in [1.165, 1.54) is 11.3 Å². The van der Waals surface area contributed by atoms with Gasteiger partial charge in [-0.15, -0.1) is 11.3 Å². The molecule has 3 rings (SSSR count). The van der Waals surface area contributed by atoms with Crippen LogP contribution in [0.2, 0.25) is 5.02 Å². The molecule has 0 aliphatic carbocycles. The van der Waals surface area contributed by atoms with Crippen molar-refractivity contribution in [3.8, 4) is 0 Å². The highest BCUT2D eigenvalue weighted by Gasteiger charge is 2.29. The topological polar surface area (TPSA) is 55.2 Å². The van der Waals surface area contributed by atoms with Crippen LogP contribution in [0.5, 0.6) is 0 Å². The van der Waals surface area contributed by atoms with Crippen molar-refractivity contribution >= 4 is 39.6 Å². The first-order valence-electron chi connectivity index (χ1n) is 6.59. The summed E-state index contributed by atoms with van der Waals surface area (Å²) in [7, 11) is 0. The lowest BCUT2D eigenvalue weighted by molar-refractivity contribution is -0.443. The van der Waals surface area contributed by atoms with Crippen LogP contribution in [0.1, 0.15) is 22.9 Å². The third kappa shape index (κ3) is 2.54. The molecular formula is C15H13ClN2O2S. The minimum atomic E-state index is -0.308. The highest BCUT2D eigenvalue weighted by molar-refractivity contribution is 7.16. The summed E-state index contributed by atoms with van der Waals surface area (Å²) in [6.07, 6.45) is 0.849. The first-order chi connectivity index (χ1) is 10.1. The van der Waals surface area contributed by atoms with E-state index in [4.69, 9.17) is 11.6 Å². The summed E-state index contributed by atoms with van der Waals surface area (Å²) < 4.78 is 0.717. The van der Waals surface area contributed by atoms with Crippen molar-refractivity contribution in [3.05, 3.63) is 56.6 Å². The van der Waals surface area contributed by atoms with Crippen molar-refractivity contribution in [1.82, 2.24) is 0 Å². The lowest BCUT2D eigenvalue weighted by atomic mass is 10.0. The second-order valence-corrected chi connectivity index (χ2v) is 6.27. The Balaban J connectivity index is 2.26. The number of benzene rings is 1. The molecule has 0 radical (unpaired) electrons. The zero-order valence-electron chi connectivity index (χ0n) is 11.4. The van der Waals surface area contributed by atoms with Crippen LogP contribution in [0.15, 0.2) is 30.3 Å². The van der Waals surface area contributed by atoms with Crippen LogP contribution in [-0.2, 0) is 11.2 Å². The summed E-state index contributed by atoms with van der Waals surface area (Å²) >= 11 is 7.73. The number of anilines is 1. The Morgan fingerprint density at radius 2 is 2.14 bits per heavy atom. The van der Waals surface area contributed by atoms with Gasteiger partial charge in [-0.05, 0) is 24.6 Å². The number of halogens is 1. The third-order valence-electron chi connectivity index (χ3n) is 3.31. The van der Waals surface area contributed by atoms with Crippen LogP contribution in [0.25, 0.3) is 0 Å². The van der Waals surface area contributed by atoms with Gasteiger partial charge in [0.25, 0.3) is 5.91 Å². The second kappa shape index (κ2) is 5.50. The first kappa shape index (κ1) is 14.1. The quantitative estimate of drug-likeness (QED) is 0.682. The summed E-state index contributed by atoms with van der Waals surface area (Å²) in [5.41, 5.74) is 1.84. The molecule has 1 amide bonds. The number of fused-ring (bicyclic) bond motifs is 1. The molecule has 0 fully saturated rings. The molecule has 108 valence electrons. The monoisotopic (exact) mass is 320 g/mol. The Kier molecular flexibility index (Phi) is 3.69. The number of hydrogen-bond donors (Lipinski definition) is 1. The maximum atomic E-state index is 12.4. The van der Waals surface area contributed by atoms with Gasteiger partial charge in [0.2, 0.25) is 12.3 Å². The average Bonchev–Trinajstić information content (AvgIpc) is 2.79. The molecule has 0 saturated carbocycles. The van der Waals surface area contributed by atoms with Gasteiger partial charge in [0.15, 0.2) is 0 Å². The Morgan fingerprint density at radius 3 is 2.86 bits per heavy atom. The van der Waals surface area contributed by atoms with Crippen LogP contribution in [0.4, 0.5) is 5.00 Å². The van der Waals surface area contributed by atoms with Gasteiger partial charge in [-0.25, -0.2) is 0 Å². The van der Waals surface area contributed by atoms with E-state index < -0.39 is 0 Å². The predicted molar refractivity (Wildman–Crippen MR) is 85.5 cm³/mol. The number of amides is 1. The molecule has 21 heavy (non-hydrogen) atoms. The van der Waals surface area contributed by atoms with Crippen LogP contribution < -0.4 is 5.32 Å². The van der Waals surface area contributed by atoms with E-state index in [1.54, 1.807) is 12.1 Å². The molecule has 1 aliphatic rings. The fourth-order valence-corrected chi connectivity index (χ4v) is 3.57.